The lowest BCUT2D eigenvalue weighted by atomic mass is 9.64. The number of rotatable bonds is 4. The van der Waals surface area contributed by atoms with Gasteiger partial charge in [0.1, 0.15) is 0 Å². The molecule has 0 spiro atoms. The molecule has 1 amide bonds. The molecule has 3 fully saturated rings. The summed E-state index contributed by atoms with van der Waals surface area (Å²) in [6, 6.07) is 11.1. The summed E-state index contributed by atoms with van der Waals surface area (Å²) in [4.78, 5) is 18.0. The van der Waals surface area contributed by atoms with E-state index in [4.69, 9.17) is 0 Å². The van der Waals surface area contributed by atoms with E-state index in [1.807, 2.05) is 0 Å². The van der Waals surface area contributed by atoms with Gasteiger partial charge in [-0.25, -0.2) is 0 Å². The average Bonchev–Trinajstić information content (AvgIpc) is 3.09. The van der Waals surface area contributed by atoms with Crippen molar-refractivity contribution in [1.29, 1.82) is 0 Å². The second kappa shape index (κ2) is 6.85. The lowest BCUT2D eigenvalue weighted by molar-refractivity contribution is -0.146. The molecule has 4 nitrogen and oxygen atoms in total. The molecule has 1 unspecified atom stereocenters. The fraction of sp³-hybridized carbons (Fsp3) is 0.650. The minimum absolute atomic E-state index is 0.111. The van der Waals surface area contributed by atoms with Gasteiger partial charge in [0, 0.05) is 45.3 Å². The van der Waals surface area contributed by atoms with E-state index in [2.05, 4.69) is 45.4 Å². The predicted molar refractivity (Wildman–Crippen MR) is 95.9 cm³/mol. The van der Waals surface area contributed by atoms with Crippen molar-refractivity contribution in [3.63, 3.8) is 0 Å². The maximum absolute atomic E-state index is 13.3. The third-order valence-corrected chi connectivity index (χ3v) is 6.27. The zero-order valence-electron chi connectivity index (χ0n) is 14.5. The highest BCUT2D eigenvalue weighted by Gasteiger charge is 2.47. The topological polar surface area (TPSA) is 35.6 Å². The number of carbonyl (C=O) groups is 1. The quantitative estimate of drug-likeness (QED) is 0.917. The molecule has 1 aromatic rings. The normalized spacial score (nSPS) is 27.0. The molecule has 1 saturated carbocycles. The van der Waals surface area contributed by atoms with Gasteiger partial charge < -0.3 is 10.2 Å². The molecule has 0 radical (unpaired) electrons. The molecule has 1 aliphatic carbocycles. The third kappa shape index (κ3) is 3.09. The van der Waals surface area contributed by atoms with Crippen molar-refractivity contribution in [2.24, 2.45) is 5.41 Å². The molecule has 130 valence electrons. The smallest absolute Gasteiger partial charge is 0.229 e. The summed E-state index contributed by atoms with van der Waals surface area (Å²) in [6.07, 6.45) is 5.40. The van der Waals surface area contributed by atoms with E-state index in [0.29, 0.717) is 11.9 Å². The summed E-state index contributed by atoms with van der Waals surface area (Å²) >= 11 is 0. The summed E-state index contributed by atoms with van der Waals surface area (Å²) in [5.74, 6) is 0.426. The van der Waals surface area contributed by atoms with Crippen molar-refractivity contribution < 1.29 is 4.79 Å². The number of hydrogen-bond donors (Lipinski definition) is 1. The van der Waals surface area contributed by atoms with Crippen LogP contribution in [0.25, 0.3) is 0 Å². The molecule has 2 aliphatic heterocycles. The highest BCUT2D eigenvalue weighted by atomic mass is 16.2. The second-order valence-corrected chi connectivity index (χ2v) is 7.78. The fourth-order valence-electron chi connectivity index (χ4n) is 4.66. The van der Waals surface area contributed by atoms with Crippen LogP contribution in [0.2, 0.25) is 0 Å². The van der Waals surface area contributed by atoms with E-state index in [0.717, 1.165) is 65.0 Å². The molecule has 4 heteroatoms. The summed E-state index contributed by atoms with van der Waals surface area (Å²) in [5, 5.41) is 3.42. The first-order valence-corrected chi connectivity index (χ1v) is 9.55. The van der Waals surface area contributed by atoms with Gasteiger partial charge in [0.05, 0.1) is 5.41 Å². The number of nitrogens with zero attached hydrogens (tertiary/aromatic N) is 2. The van der Waals surface area contributed by atoms with Gasteiger partial charge in [-0.1, -0.05) is 36.8 Å². The molecule has 3 aliphatic rings. The van der Waals surface area contributed by atoms with Gasteiger partial charge in [-0.15, -0.1) is 0 Å². The minimum atomic E-state index is -0.111. The van der Waals surface area contributed by atoms with Crippen LogP contribution in [0, 0.1) is 5.41 Å². The highest BCUT2D eigenvalue weighted by molar-refractivity contribution is 5.84. The number of nitrogens with one attached hydrogen (secondary N) is 1. The van der Waals surface area contributed by atoms with Gasteiger partial charge >= 0.3 is 0 Å². The number of carbonyl (C=O) groups excluding carboxylic acids is 1. The maximum atomic E-state index is 13.3. The van der Waals surface area contributed by atoms with Gasteiger partial charge in [-0.3, -0.25) is 9.69 Å². The highest BCUT2D eigenvalue weighted by Crippen LogP contribution is 2.45. The van der Waals surface area contributed by atoms with Crippen molar-refractivity contribution >= 4 is 5.91 Å². The molecular weight excluding hydrogens is 298 g/mol. The van der Waals surface area contributed by atoms with Crippen molar-refractivity contribution in [1.82, 2.24) is 15.1 Å². The number of benzene rings is 1. The van der Waals surface area contributed by atoms with Crippen LogP contribution < -0.4 is 5.32 Å². The lowest BCUT2D eigenvalue weighted by Crippen LogP contribution is -2.51. The Hall–Kier alpha value is -1.39. The van der Waals surface area contributed by atoms with E-state index in [1.54, 1.807) is 0 Å². The fourth-order valence-corrected chi connectivity index (χ4v) is 4.66. The maximum Gasteiger partial charge on any atom is 0.229 e. The van der Waals surface area contributed by atoms with Crippen LogP contribution in [0.3, 0.4) is 0 Å². The zero-order chi connectivity index (χ0) is 16.4. The molecule has 2 heterocycles. The van der Waals surface area contributed by atoms with Gasteiger partial charge in [-0.05, 0) is 31.2 Å². The number of amides is 1. The molecule has 24 heavy (non-hydrogen) atoms. The van der Waals surface area contributed by atoms with Crippen molar-refractivity contribution in [2.45, 2.75) is 38.1 Å². The molecule has 1 atom stereocenters. The first-order valence-electron chi connectivity index (χ1n) is 9.55. The van der Waals surface area contributed by atoms with Crippen molar-refractivity contribution in [2.75, 3.05) is 39.3 Å². The molecule has 4 rings (SSSR count). The molecular formula is C20H29N3O. The Labute approximate surface area is 145 Å². The van der Waals surface area contributed by atoms with Gasteiger partial charge in [0.25, 0.3) is 0 Å². The standard InChI is InChI=1S/C20H29N3O/c24-19(20(8-4-9-20)15-17-5-2-1-3-6-17)23-12-7-18(16-23)22-13-10-21-11-14-22/h1-3,5-6,18,21H,4,7-16H2. The summed E-state index contributed by atoms with van der Waals surface area (Å²) in [5.41, 5.74) is 1.20. The second-order valence-electron chi connectivity index (χ2n) is 7.78. The van der Waals surface area contributed by atoms with Crippen molar-refractivity contribution in [3.05, 3.63) is 35.9 Å². The molecule has 1 aromatic carbocycles. The van der Waals surface area contributed by atoms with Crippen LogP contribution >= 0.6 is 0 Å². The molecule has 0 aromatic heterocycles. The summed E-state index contributed by atoms with van der Waals surface area (Å²) in [6.45, 7) is 6.31. The van der Waals surface area contributed by atoms with Crippen LogP contribution in [0.4, 0.5) is 0 Å². The average molecular weight is 327 g/mol. The SMILES string of the molecule is O=C(N1CCC(N2CCNCC2)C1)C1(Cc2ccccc2)CCC1. The van der Waals surface area contributed by atoms with E-state index < -0.39 is 0 Å². The summed E-state index contributed by atoms with van der Waals surface area (Å²) in [7, 11) is 0. The largest absolute Gasteiger partial charge is 0.341 e. The van der Waals surface area contributed by atoms with Gasteiger partial charge in [0.15, 0.2) is 0 Å². The minimum Gasteiger partial charge on any atom is -0.341 e. The Balaban J connectivity index is 1.41. The zero-order valence-corrected chi connectivity index (χ0v) is 14.5. The van der Waals surface area contributed by atoms with Crippen LogP contribution in [-0.2, 0) is 11.2 Å². The Morgan fingerprint density at radius 1 is 1.12 bits per heavy atom. The lowest BCUT2D eigenvalue weighted by Gasteiger charge is -2.43. The van der Waals surface area contributed by atoms with E-state index in [-0.39, 0.29) is 5.41 Å². The summed E-state index contributed by atoms with van der Waals surface area (Å²) < 4.78 is 0. The van der Waals surface area contributed by atoms with Gasteiger partial charge in [0.2, 0.25) is 5.91 Å². The van der Waals surface area contributed by atoms with Crippen molar-refractivity contribution in [3.8, 4) is 0 Å². The third-order valence-electron chi connectivity index (χ3n) is 6.27. The van der Waals surface area contributed by atoms with E-state index in [9.17, 15) is 4.79 Å². The Kier molecular flexibility index (Phi) is 4.59. The first-order chi connectivity index (χ1) is 11.8. The number of hydrogen-bond acceptors (Lipinski definition) is 3. The Morgan fingerprint density at radius 3 is 2.54 bits per heavy atom. The van der Waals surface area contributed by atoms with Crippen LogP contribution in [0.1, 0.15) is 31.2 Å². The predicted octanol–water partition coefficient (Wildman–Crippen LogP) is 1.91. The number of likely N-dealkylation sites (tertiary alicyclic amines) is 1. The van der Waals surface area contributed by atoms with Gasteiger partial charge in [-0.2, -0.15) is 0 Å². The van der Waals surface area contributed by atoms with E-state index in [1.165, 1.54) is 12.0 Å². The Morgan fingerprint density at radius 2 is 1.88 bits per heavy atom. The van der Waals surface area contributed by atoms with Crippen LogP contribution in [0.5, 0.6) is 0 Å². The van der Waals surface area contributed by atoms with E-state index >= 15 is 0 Å². The van der Waals surface area contributed by atoms with Crippen LogP contribution in [0.15, 0.2) is 30.3 Å². The Bertz CT molecular complexity index is 564. The first kappa shape index (κ1) is 16.1. The molecule has 1 N–H and O–H groups in total. The molecule has 0 bridgehead atoms. The molecule has 2 saturated heterocycles. The van der Waals surface area contributed by atoms with Crippen LogP contribution in [-0.4, -0.2) is 61.0 Å². The number of piperazine rings is 1. The monoisotopic (exact) mass is 327 g/mol.